The number of esters is 1. The molecular formula is C12H12N2O3S. The number of carbonyl (C=O) groups is 1. The summed E-state index contributed by atoms with van der Waals surface area (Å²) in [6.45, 7) is 2.03. The van der Waals surface area contributed by atoms with Crippen molar-refractivity contribution >= 4 is 17.3 Å². The lowest BCUT2D eigenvalue weighted by Gasteiger charge is -1.94. The van der Waals surface area contributed by atoms with Crippen LogP contribution in [-0.2, 0) is 17.6 Å². The maximum atomic E-state index is 11.4. The number of carbonyl (C=O) groups excluding carboxylic acids is 1. The van der Waals surface area contributed by atoms with Gasteiger partial charge in [0.15, 0.2) is 0 Å². The van der Waals surface area contributed by atoms with Crippen molar-refractivity contribution in [3.05, 3.63) is 22.4 Å². The molecule has 0 saturated heterocycles. The van der Waals surface area contributed by atoms with E-state index in [0.29, 0.717) is 12.5 Å². The third kappa shape index (κ3) is 1.92. The van der Waals surface area contributed by atoms with Crippen molar-refractivity contribution in [2.75, 3.05) is 6.61 Å². The molecule has 0 unspecified atom stereocenters. The van der Waals surface area contributed by atoms with Gasteiger partial charge in [-0.15, -0.1) is 21.5 Å². The number of nitrogens with zero attached hydrogens (tertiary/aromatic N) is 2. The van der Waals surface area contributed by atoms with Gasteiger partial charge in [0.25, 0.3) is 5.89 Å². The molecule has 2 aromatic rings. The summed E-state index contributed by atoms with van der Waals surface area (Å²) in [5.74, 6) is -0.252. The number of ether oxygens (including phenoxy) is 1. The fourth-order valence-corrected chi connectivity index (χ4v) is 3.21. The van der Waals surface area contributed by atoms with Crippen molar-refractivity contribution in [1.29, 1.82) is 0 Å². The molecule has 1 aliphatic rings. The van der Waals surface area contributed by atoms with Gasteiger partial charge < -0.3 is 9.15 Å². The monoisotopic (exact) mass is 264 g/mol. The Morgan fingerprint density at radius 3 is 3.17 bits per heavy atom. The van der Waals surface area contributed by atoms with E-state index in [0.717, 1.165) is 17.7 Å². The first-order valence-corrected chi connectivity index (χ1v) is 6.72. The van der Waals surface area contributed by atoms with E-state index in [1.807, 2.05) is 0 Å². The van der Waals surface area contributed by atoms with Crippen LogP contribution in [-0.4, -0.2) is 22.8 Å². The first kappa shape index (κ1) is 11.4. The zero-order valence-corrected chi connectivity index (χ0v) is 10.7. The molecule has 94 valence electrons. The van der Waals surface area contributed by atoms with Crippen LogP contribution in [0.4, 0.5) is 0 Å². The molecule has 3 rings (SSSR count). The van der Waals surface area contributed by atoms with Gasteiger partial charge in [-0.05, 0) is 37.8 Å². The molecule has 0 bridgehead atoms. The number of rotatable bonds is 3. The maximum Gasteiger partial charge on any atom is 0.396 e. The highest BCUT2D eigenvalue weighted by atomic mass is 32.1. The van der Waals surface area contributed by atoms with E-state index in [9.17, 15) is 4.79 Å². The second-order valence-corrected chi connectivity index (χ2v) is 5.18. The molecule has 0 spiro atoms. The predicted molar refractivity (Wildman–Crippen MR) is 65.6 cm³/mol. The van der Waals surface area contributed by atoms with E-state index in [-0.39, 0.29) is 5.89 Å². The quantitative estimate of drug-likeness (QED) is 0.797. The zero-order chi connectivity index (χ0) is 12.5. The van der Waals surface area contributed by atoms with Gasteiger partial charge in [-0.25, -0.2) is 4.79 Å². The molecule has 5 nitrogen and oxygen atoms in total. The number of thiophene rings is 1. The van der Waals surface area contributed by atoms with E-state index < -0.39 is 5.97 Å². The average molecular weight is 264 g/mol. The van der Waals surface area contributed by atoms with E-state index in [2.05, 4.69) is 16.3 Å². The van der Waals surface area contributed by atoms with Gasteiger partial charge >= 0.3 is 11.9 Å². The van der Waals surface area contributed by atoms with E-state index in [4.69, 9.17) is 9.15 Å². The van der Waals surface area contributed by atoms with Crippen molar-refractivity contribution in [3.63, 3.8) is 0 Å². The van der Waals surface area contributed by atoms with Crippen LogP contribution in [0.2, 0.25) is 0 Å². The molecule has 2 aromatic heterocycles. The molecule has 18 heavy (non-hydrogen) atoms. The minimum atomic E-state index is -0.569. The summed E-state index contributed by atoms with van der Waals surface area (Å²) < 4.78 is 10.1. The van der Waals surface area contributed by atoms with Gasteiger partial charge in [-0.1, -0.05) is 0 Å². The Kier molecular flexibility index (Phi) is 2.87. The van der Waals surface area contributed by atoms with Crippen LogP contribution < -0.4 is 0 Å². The van der Waals surface area contributed by atoms with Gasteiger partial charge in [0.05, 0.1) is 11.5 Å². The Balaban J connectivity index is 1.86. The fourth-order valence-electron chi connectivity index (χ4n) is 2.03. The number of fused-ring (bicyclic) bond motifs is 1. The number of hydrogen-bond donors (Lipinski definition) is 0. The lowest BCUT2D eigenvalue weighted by Crippen LogP contribution is -2.04. The summed E-state index contributed by atoms with van der Waals surface area (Å²) in [7, 11) is 0. The Bertz CT molecular complexity index is 566. The molecule has 0 atom stereocenters. The van der Waals surface area contributed by atoms with Crippen molar-refractivity contribution < 1.29 is 13.9 Å². The number of aromatic nitrogens is 2. The normalized spacial score (nSPS) is 13.6. The van der Waals surface area contributed by atoms with Crippen LogP contribution in [0.5, 0.6) is 0 Å². The Hall–Kier alpha value is -1.69. The van der Waals surface area contributed by atoms with Crippen molar-refractivity contribution in [2.45, 2.75) is 26.2 Å². The van der Waals surface area contributed by atoms with Gasteiger partial charge in [0, 0.05) is 4.88 Å². The SMILES string of the molecule is CCOC(=O)c1nnc(-c2cc3c(s2)CCC3)o1. The third-order valence-electron chi connectivity index (χ3n) is 2.83. The summed E-state index contributed by atoms with van der Waals surface area (Å²) in [4.78, 5) is 13.7. The molecule has 2 heterocycles. The van der Waals surface area contributed by atoms with Crippen LogP contribution in [0, 0.1) is 0 Å². The minimum absolute atomic E-state index is 0.0830. The molecule has 0 aromatic carbocycles. The Morgan fingerprint density at radius 2 is 2.39 bits per heavy atom. The van der Waals surface area contributed by atoms with Crippen LogP contribution in [0.3, 0.4) is 0 Å². The summed E-state index contributed by atoms with van der Waals surface area (Å²) in [5, 5.41) is 7.60. The molecule has 1 aliphatic carbocycles. The highest BCUT2D eigenvalue weighted by Crippen LogP contribution is 2.35. The smallest absolute Gasteiger partial charge is 0.396 e. The molecule has 0 fully saturated rings. The molecule has 0 saturated carbocycles. The van der Waals surface area contributed by atoms with E-state index >= 15 is 0 Å². The average Bonchev–Trinajstić information content (AvgIpc) is 3.03. The van der Waals surface area contributed by atoms with Gasteiger partial charge in [-0.2, -0.15) is 0 Å². The van der Waals surface area contributed by atoms with Crippen LogP contribution in [0.1, 0.15) is 34.5 Å². The molecular weight excluding hydrogens is 252 g/mol. The summed E-state index contributed by atoms with van der Waals surface area (Å²) in [6.07, 6.45) is 3.46. The van der Waals surface area contributed by atoms with Crippen LogP contribution >= 0.6 is 11.3 Å². The summed E-state index contributed by atoms with van der Waals surface area (Å²) in [6, 6.07) is 2.08. The predicted octanol–water partition coefficient (Wildman–Crippen LogP) is 2.46. The highest BCUT2D eigenvalue weighted by molar-refractivity contribution is 7.15. The summed E-state index contributed by atoms with van der Waals surface area (Å²) >= 11 is 1.67. The standard InChI is InChI=1S/C12H12N2O3S/c1-2-16-12(15)11-14-13-10(17-11)9-6-7-4-3-5-8(7)18-9/h6H,2-5H2,1H3. The maximum absolute atomic E-state index is 11.4. The Morgan fingerprint density at radius 1 is 1.50 bits per heavy atom. The third-order valence-corrected chi connectivity index (χ3v) is 4.06. The van der Waals surface area contributed by atoms with E-state index in [1.165, 1.54) is 16.9 Å². The van der Waals surface area contributed by atoms with Crippen molar-refractivity contribution in [1.82, 2.24) is 10.2 Å². The van der Waals surface area contributed by atoms with Crippen molar-refractivity contribution in [3.8, 4) is 10.8 Å². The van der Waals surface area contributed by atoms with Crippen molar-refractivity contribution in [2.24, 2.45) is 0 Å². The fraction of sp³-hybridized carbons (Fsp3) is 0.417. The minimum Gasteiger partial charge on any atom is -0.459 e. The first-order chi connectivity index (χ1) is 8.78. The first-order valence-electron chi connectivity index (χ1n) is 5.90. The van der Waals surface area contributed by atoms with E-state index in [1.54, 1.807) is 18.3 Å². The second-order valence-electron chi connectivity index (χ2n) is 4.05. The highest BCUT2D eigenvalue weighted by Gasteiger charge is 2.21. The lowest BCUT2D eigenvalue weighted by atomic mass is 10.2. The topological polar surface area (TPSA) is 65.2 Å². The summed E-state index contributed by atoms with van der Waals surface area (Å²) in [5.41, 5.74) is 1.37. The zero-order valence-electron chi connectivity index (χ0n) is 9.93. The Labute approximate surface area is 108 Å². The largest absolute Gasteiger partial charge is 0.459 e. The molecule has 0 amide bonds. The molecule has 0 radical (unpaired) electrons. The van der Waals surface area contributed by atoms with Crippen LogP contribution in [0.15, 0.2) is 10.5 Å². The van der Waals surface area contributed by atoms with Crippen LogP contribution in [0.25, 0.3) is 10.8 Å². The molecule has 0 aliphatic heterocycles. The van der Waals surface area contributed by atoms with Gasteiger partial charge in [0.1, 0.15) is 0 Å². The molecule has 0 N–H and O–H groups in total. The molecule has 6 heteroatoms. The van der Waals surface area contributed by atoms with Gasteiger partial charge in [0.2, 0.25) is 0 Å². The number of hydrogen-bond acceptors (Lipinski definition) is 6. The number of aryl methyl sites for hydroxylation is 2. The second kappa shape index (κ2) is 4.53. The lowest BCUT2D eigenvalue weighted by molar-refractivity contribution is 0.0481. The van der Waals surface area contributed by atoms with Gasteiger partial charge in [-0.3, -0.25) is 0 Å².